The smallest absolute Gasteiger partial charge is 0.413 e. The fourth-order valence-corrected chi connectivity index (χ4v) is 2.53. The first kappa shape index (κ1) is 21.1. The Hall–Kier alpha value is -3.21. The van der Waals surface area contributed by atoms with Crippen LogP contribution in [0.1, 0.15) is 27.4 Å². The van der Waals surface area contributed by atoms with Gasteiger partial charge >= 0.3 is 12.1 Å². The number of hydrogen-bond acceptors (Lipinski definition) is 6. The molecule has 0 atom stereocenters. The van der Waals surface area contributed by atoms with Gasteiger partial charge in [0.2, 0.25) is 0 Å². The number of nitrogens with one attached hydrogen (secondary N) is 2. The minimum Gasteiger partial charge on any atom is -0.476 e. The lowest BCUT2D eigenvalue weighted by atomic mass is 10.2. The van der Waals surface area contributed by atoms with E-state index in [0.717, 1.165) is 16.6 Å². The minimum atomic E-state index is -4.41. The van der Waals surface area contributed by atoms with Crippen molar-refractivity contribution in [2.45, 2.75) is 20.0 Å². The number of alkyl halides is 3. The Bertz CT molecular complexity index is 975. The third kappa shape index (κ3) is 5.64. The fraction of sp³-hybridized carbons (Fsp3) is 0.176. The summed E-state index contributed by atoms with van der Waals surface area (Å²) < 4.78 is 35.0. The van der Waals surface area contributed by atoms with E-state index in [1.807, 2.05) is 13.0 Å². The number of pyridine rings is 2. The number of carbonyl (C=O) groups is 1. The van der Waals surface area contributed by atoms with Crippen molar-refractivity contribution in [1.82, 2.24) is 15.0 Å². The summed E-state index contributed by atoms with van der Waals surface area (Å²) in [6.07, 6.45) is -1.07. The molecule has 0 aliphatic rings. The molecule has 3 aromatic rings. The fourth-order valence-electron chi connectivity index (χ4n) is 1.96. The lowest BCUT2D eigenvalue weighted by Gasteiger charge is -2.11. The first-order valence-corrected chi connectivity index (χ1v) is 8.59. The molecule has 0 saturated carbocycles. The highest BCUT2D eigenvalue weighted by Gasteiger charge is 2.29. The van der Waals surface area contributed by atoms with Crippen LogP contribution >= 0.6 is 11.3 Å². The molecule has 3 aromatic heterocycles. The van der Waals surface area contributed by atoms with Crippen LogP contribution < -0.4 is 5.32 Å². The second kappa shape index (κ2) is 8.65. The van der Waals surface area contributed by atoms with Gasteiger partial charge in [-0.25, -0.2) is 9.78 Å². The van der Waals surface area contributed by atoms with Gasteiger partial charge < -0.3 is 21.1 Å². The summed E-state index contributed by atoms with van der Waals surface area (Å²) in [5.74, 6) is -1.05. The predicted octanol–water partition coefficient (Wildman–Crippen LogP) is 5.38. The van der Waals surface area contributed by atoms with Crippen LogP contribution in [0, 0.1) is 13.8 Å². The summed E-state index contributed by atoms with van der Waals surface area (Å²) in [6, 6.07) is 5.32. The van der Waals surface area contributed by atoms with Crippen molar-refractivity contribution >= 4 is 33.8 Å². The number of aromatic carboxylic acids is 1. The van der Waals surface area contributed by atoms with Crippen LogP contribution in [0.5, 0.6) is 0 Å². The molecule has 0 radical (unpaired) electrons. The minimum absolute atomic E-state index is 0.0123. The molecule has 3 N–H and O–H groups in total. The van der Waals surface area contributed by atoms with Crippen molar-refractivity contribution in [2.24, 2.45) is 0 Å². The SMILES string of the molecule is Cc1ccc(Nc2cnccc2C)c(C(=O)O)n1.[NH-]c1nc(C(F)(F)F)cs1. The Balaban J connectivity index is 0.000000237. The maximum Gasteiger partial charge on any atom is 0.413 e. The third-order valence-electron chi connectivity index (χ3n) is 3.34. The molecule has 3 heterocycles. The van der Waals surface area contributed by atoms with E-state index in [-0.39, 0.29) is 10.8 Å². The highest BCUT2D eigenvalue weighted by Crippen LogP contribution is 2.32. The number of thiazole rings is 1. The summed E-state index contributed by atoms with van der Waals surface area (Å²) in [5, 5.41) is 12.7. The Morgan fingerprint density at radius 2 is 1.89 bits per heavy atom. The van der Waals surface area contributed by atoms with E-state index in [1.54, 1.807) is 31.5 Å². The van der Waals surface area contributed by atoms with Gasteiger partial charge in [0.15, 0.2) is 5.69 Å². The molecular weight excluding hydrogens is 395 g/mol. The van der Waals surface area contributed by atoms with E-state index in [4.69, 9.17) is 10.8 Å². The van der Waals surface area contributed by atoms with Gasteiger partial charge in [-0.1, -0.05) is 0 Å². The Morgan fingerprint density at radius 3 is 2.39 bits per heavy atom. The van der Waals surface area contributed by atoms with Crippen LogP contribution in [0.3, 0.4) is 0 Å². The van der Waals surface area contributed by atoms with E-state index in [9.17, 15) is 18.0 Å². The largest absolute Gasteiger partial charge is 0.476 e. The summed E-state index contributed by atoms with van der Waals surface area (Å²) in [6.45, 7) is 3.68. The van der Waals surface area contributed by atoms with Crippen LogP contribution in [0.15, 0.2) is 36.0 Å². The molecule has 28 heavy (non-hydrogen) atoms. The van der Waals surface area contributed by atoms with Crippen molar-refractivity contribution in [1.29, 1.82) is 0 Å². The monoisotopic (exact) mass is 410 g/mol. The van der Waals surface area contributed by atoms with E-state index in [1.165, 1.54) is 0 Å². The van der Waals surface area contributed by atoms with Crippen molar-refractivity contribution in [3.8, 4) is 0 Å². The molecule has 0 bridgehead atoms. The van der Waals surface area contributed by atoms with Gasteiger partial charge in [0, 0.05) is 11.9 Å². The maximum atomic E-state index is 11.7. The van der Waals surface area contributed by atoms with Crippen LogP contribution in [0.4, 0.5) is 29.7 Å². The molecule has 0 aromatic carbocycles. The van der Waals surface area contributed by atoms with Gasteiger partial charge in [-0.3, -0.25) is 4.98 Å². The van der Waals surface area contributed by atoms with Crippen molar-refractivity contribution in [2.75, 3.05) is 5.32 Å². The highest BCUT2D eigenvalue weighted by atomic mass is 32.1. The van der Waals surface area contributed by atoms with E-state index in [0.29, 0.717) is 22.7 Å². The zero-order valence-electron chi connectivity index (χ0n) is 14.7. The topological polar surface area (TPSA) is 112 Å². The van der Waals surface area contributed by atoms with Crippen LogP contribution in [-0.4, -0.2) is 26.0 Å². The molecule has 11 heteroatoms. The quantitative estimate of drug-likeness (QED) is 0.599. The molecule has 0 aliphatic carbocycles. The normalized spacial score (nSPS) is 10.8. The number of aromatic nitrogens is 3. The molecule has 0 unspecified atom stereocenters. The Labute approximate surface area is 162 Å². The summed E-state index contributed by atoms with van der Waals surface area (Å²) in [5.41, 5.74) is 8.62. The average Bonchev–Trinajstić information content (AvgIpc) is 3.06. The van der Waals surface area contributed by atoms with Gasteiger partial charge in [-0.15, -0.1) is 0 Å². The van der Waals surface area contributed by atoms with Gasteiger partial charge in [0.05, 0.1) is 23.3 Å². The second-order valence-electron chi connectivity index (χ2n) is 5.51. The molecule has 148 valence electrons. The van der Waals surface area contributed by atoms with Gasteiger partial charge in [0.1, 0.15) is 0 Å². The lowest BCUT2D eigenvalue weighted by Crippen LogP contribution is -2.07. The van der Waals surface area contributed by atoms with E-state index in [2.05, 4.69) is 20.3 Å². The van der Waals surface area contributed by atoms with Gasteiger partial charge in [0.25, 0.3) is 0 Å². The molecule has 7 nitrogen and oxygen atoms in total. The number of rotatable bonds is 3. The number of carboxylic acid groups (broad SMARTS) is 1. The van der Waals surface area contributed by atoms with Gasteiger partial charge in [-0.2, -0.15) is 24.5 Å². The lowest BCUT2D eigenvalue weighted by molar-refractivity contribution is -0.140. The number of aryl methyl sites for hydroxylation is 2. The van der Waals surface area contributed by atoms with Crippen LogP contribution in [0.2, 0.25) is 0 Å². The van der Waals surface area contributed by atoms with Gasteiger partial charge in [-0.05, 0) is 48.1 Å². The van der Waals surface area contributed by atoms with E-state index < -0.39 is 17.8 Å². The highest BCUT2D eigenvalue weighted by molar-refractivity contribution is 7.13. The number of carboxylic acids is 1. The van der Waals surface area contributed by atoms with Crippen LogP contribution in [0.25, 0.3) is 5.73 Å². The van der Waals surface area contributed by atoms with Crippen molar-refractivity contribution in [3.63, 3.8) is 0 Å². The standard InChI is InChI=1S/C13H13N3O2.C4H2F3N2S/c1-8-5-6-14-7-11(8)16-10-4-3-9(2)15-12(10)13(17)18;5-4(6,7)2-1-10-3(8)9-2/h3-7,16H,1-2H3,(H,17,18);1H,(H-,8,9)/q;-1. The predicted molar refractivity (Wildman–Crippen MR) is 99.3 cm³/mol. The Morgan fingerprint density at radius 1 is 1.18 bits per heavy atom. The van der Waals surface area contributed by atoms with Crippen molar-refractivity contribution < 1.29 is 23.1 Å². The molecule has 0 aliphatic heterocycles. The van der Waals surface area contributed by atoms with Crippen molar-refractivity contribution in [3.05, 3.63) is 64.4 Å². The third-order valence-corrected chi connectivity index (χ3v) is 4.00. The summed E-state index contributed by atoms with van der Waals surface area (Å²) in [7, 11) is 0. The number of halogens is 3. The number of anilines is 2. The van der Waals surface area contributed by atoms with Crippen LogP contribution in [-0.2, 0) is 6.18 Å². The average molecular weight is 410 g/mol. The van der Waals surface area contributed by atoms with E-state index >= 15 is 0 Å². The Kier molecular flexibility index (Phi) is 6.52. The molecular formula is C17H15F3N5O2S-. The first-order chi connectivity index (χ1) is 13.1. The maximum absolute atomic E-state index is 11.7. The first-order valence-electron chi connectivity index (χ1n) is 7.71. The molecule has 3 rings (SSSR count). The molecule has 0 saturated heterocycles. The second-order valence-corrected chi connectivity index (χ2v) is 6.36. The summed E-state index contributed by atoms with van der Waals surface area (Å²) >= 11 is 0.667. The number of hydrogen-bond donors (Lipinski definition) is 2. The molecule has 0 spiro atoms. The zero-order chi connectivity index (χ0) is 20.9. The zero-order valence-corrected chi connectivity index (χ0v) is 15.5. The molecule has 0 fully saturated rings. The number of nitrogens with zero attached hydrogens (tertiary/aromatic N) is 3. The molecule has 0 amide bonds. The summed E-state index contributed by atoms with van der Waals surface area (Å²) in [4.78, 5) is 22.1.